The van der Waals surface area contributed by atoms with Crippen molar-refractivity contribution in [2.45, 2.75) is 43.3 Å². The lowest BCUT2D eigenvalue weighted by molar-refractivity contribution is 0.509. The average Bonchev–Trinajstić information content (AvgIpc) is 3.16. The number of rotatable bonds is 6. The maximum absolute atomic E-state index is 5.83. The Bertz CT molecular complexity index is 814. The third-order valence-corrected chi connectivity index (χ3v) is 5.18. The van der Waals surface area contributed by atoms with Gasteiger partial charge in [-0.05, 0) is 39.8 Å². The summed E-state index contributed by atoms with van der Waals surface area (Å²) < 4.78 is 6.70. The fraction of sp³-hybridized carbons (Fsp3) is 0.375. The largest absolute Gasteiger partial charge is 0.419 e. The summed E-state index contributed by atoms with van der Waals surface area (Å²) in [6, 6.07) is 8.36. The fourth-order valence-corrected chi connectivity index (χ4v) is 4.13. The Kier molecular flexibility index (Phi) is 5.15. The second-order valence-electron chi connectivity index (χ2n) is 5.75. The second kappa shape index (κ2) is 7.31. The van der Waals surface area contributed by atoms with Gasteiger partial charge in [0.15, 0.2) is 4.34 Å². The van der Waals surface area contributed by atoms with Crippen molar-refractivity contribution in [3.8, 4) is 11.5 Å². The zero-order valence-corrected chi connectivity index (χ0v) is 15.6. The first-order valence-electron chi connectivity index (χ1n) is 7.68. The summed E-state index contributed by atoms with van der Waals surface area (Å²) in [4.78, 5) is 0. The van der Waals surface area contributed by atoms with Crippen molar-refractivity contribution in [2.75, 3.05) is 5.32 Å². The van der Waals surface area contributed by atoms with Gasteiger partial charge in [0.25, 0.3) is 0 Å². The predicted octanol–water partition coefficient (Wildman–Crippen LogP) is 4.57. The normalized spacial score (nSPS) is 12.5. The topological polar surface area (TPSA) is 76.7 Å². The molecule has 2 aromatic heterocycles. The first-order valence-corrected chi connectivity index (χ1v) is 9.38. The Balaban J connectivity index is 1.69. The van der Waals surface area contributed by atoms with Crippen LogP contribution in [0.4, 0.5) is 5.13 Å². The Hall–Kier alpha value is -1.93. The molecule has 1 aromatic carbocycles. The van der Waals surface area contributed by atoms with Crippen LogP contribution < -0.4 is 5.32 Å². The Morgan fingerprint density at radius 2 is 1.96 bits per heavy atom. The number of benzene rings is 1. The molecular formula is C16H19N5OS2. The van der Waals surface area contributed by atoms with E-state index >= 15 is 0 Å². The molecule has 1 atom stereocenters. The van der Waals surface area contributed by atoms with Crippen LogP contribution in [-0.4, -0.2) is 26.4 Å². The number of nitrogens with zero attached hydrogens (tertiary/aromatic N) is 4. The van der Waals surface area contributed by atoms with Gasteiger partial charge in [-0.1, -0.05) is 40.8 Å². The zero-order chi connectivity index (χ0) is 17.1. The van der Waals surface area contributed by atoms with Gasteiger partial charge in [-0.25, -0.2) is 0 Å². The minimum absolute atomic E-state index is 0.0101. The molecule has 0 radical (unpaired) electrons. The molecule has 6 nitrogen and oxygen atoms in total. The van der Waals surface area contributed by atoms with E-state index in [1.165, 1.54) is 11.3 Å². The number of aryl methyl sites for hydroxylation is 1. The van der Waals surface area contributed by atoms with Crippen molar-refractivity contribution < 1.29 is 4.42 Å². The third-order valence-electron chi connectivity index (χ3n) is 3.15. The van der Waals surface area contributed by atoms with Crippen molar-refractivity contribution in [1.82, 2.24) is 20.4 Å². The number of anilines is 1. The highest BCUT2D eigenvalue weighted by Gasteiger charge is 2.18. The molecule has 126 valence electrons. The fourth-order valence-electron chi connectivity index (χ4n) is 2.06. The van der Waals surface area contributed by atoms with Gasteiger partial charge in [0.2, 0.25) is 16.9 Å². The van der Waals surface area contributed by atoms with E-state index in [1.807, 2.05) is 38.1 Å². The molecule has 1 unspecified atom stereocenters. The number of nitrogens with one attached hydrogen (secondary N) is 1. The summed E-state index contributed by atoms with van der Waals surface area (Å²) >= 11 is 3.09. The summed E-state index contributed by atoms with van der Waals surface area (Å²) in [5.41, 5.74) is 2.10. The van der Waals surface area contributed by atoms with Crippen LogP contribution in [0.2, 0.25) is 0 Å². The predicted molar refractivity (Wildman–Crippen MR) is 97.4 cm³/mol. The zero-order valence-electron chi connectivity index (χ0n) is 14.0. The molecule has 0 aliphatic heterocycles. The van der Waals surface area contributed by atoms with Gasteiger partial charge < -0.3 is 9.73 Å². The lowest BCUT2D eigenvalue weighted by atomic mass is 10.1. The van der Waals surface area contributed by atoms with Gasteiger partial charge in [-0.15, -0.1) is 20.4 Å². The van der Waals surface area contributed by atoms with E-state index in [0.29, 0.717) is 17.8 Å². The second-order valence-corrected chi connectivity index (χ2v) is 8.31. The molecule has 3 rings (SSSR count). The van der Waals surface area contributed by atoms with Crippen molar-refractivity contribution in [2.24, 2.45) is 0 Å². The molecule has 0 spiro atoms. The molecule has 0 aliphatic rings. The summed E-state index contributed by atoms with van der Waals surface area (Å²) in [6.07, 6.45) is 0. The number of thioether (sulfide) groups is 1. The van der Waals surface area contributed by atoms with E-state index < -0.39 is 0 Å². The third kappa shape index (κ3) is 4.12. The van der Waals surface area contributed by atoms with Gasteiger partial charge >= 0.3 is 0 Å². The number of hydrogen-bond donors (Lipinski definition) is 1. The highest BCUT2D eigenvalue weighted by molar-refractivity contribution is 8.01. The molecule has 24 heavy (non-hydrogen) atoms. The minimum Gasteiger partial charge on any atom is -0.419 e. The SMILES string of the molecule is Cc1cccc(-c2nnc(C(C)Sc3nnc(NC(C)C)s3)o2)c1. The van der Waals surface area contributed by atoms with Crippen molar-refractivity contribution in [1.29, 1.82) is 0 Å². The Labute approximate surface area is 149 Å². The highest BCUT2D eigenvalue weighted by atomic mass is 32.2. The van der Waals surface area contributed by atoms with E-state index in [0.717, 1.165) is 20.6 Å². The molecule has 1 N–H and O–H groups in total. The highest BCUT2D eigenvalue weighted by Crippen LogP contribution is 2.37. The van der Waals surface area contributed by atoms with Crippen molar-refractivity contribution in [3.05, 3.63) is 35.7 Å². The van der Waals surface area contributed by atoms with Crippen LogP contribution in [0.5, 0.6) is 0 Å². The van der Waals surface area contributed by atoms with E-state index in [2.05, 4.69) is 39.6 Å². The molecule has 0 fully saturated rings. The van der Waals surface area contributed by atoms with E-state index in [9.17, 15) is 0 Å². The maximum Gasteiger partial charge on any atom is 0.247 e. The van der Waals surface area contributed by atoms with Crippen LogP contribution in [0.1, 0.15) is 37.5 Å². The quantitative estimate of drug-likeness (QED) is 0.644. The molecule has 3 aromatic rings. The molecular weight excluding hydrogens is 342 g/mol. The molecule has 0 aliphatic carbocycles. The van der Waals surface area contributed by atoms with Gasteiger partial charge in [-0.2, -0.15) is 0 Å². The van der Waals surface area contributed by atoms with Crippen molar-refractivity contribution >= 4 is 28.2 Å². The van der Waals surface area contributed by atoms with Crippen LogP contribution in [0.25, 0.3) is 11.5 Å². The van der Waals surface area contributed by atoms with Crippen LogP contribution in [0, 0.1) is 6.92 Å². The monoisotopic (exact) mass is 361 g/mol. The molecule has 0 bridgehead atoms. The first kappa shape index (κ1) is 16.9. The van der Waals surface area contributed by atoms with Gasteiger partial charge in [0, 0.05) is 11.6 Å². The van der Waals surface area contributed by atoms with Crippen molar-refractivity contribution in [3.63, 3.8) is 0 Å². The average molecular weight is 361 g/mol. The van der Waals surface area contributed by atoms with Crippen LogP contribution >= 0.6 is 23.1 Å². The van der Waals surface area contributed by atoms with Gasteiger partial charge in [0.1, 0.15) is 0 Å². The number of aromatic nitrogens is 4. The molecule has 0 amide bonds. The summed E-state index contributed by atoms with van der Waals surface area (Å²) in [6.45, 7) is 8.21. The Morgan fingerprint density at radius 3 is 2.71 bits per heavy atom. The van der Waals surface area contributed by atoms with Crippen LogP contribution in [0.3, 0.4) is 0 Å². The summed E-state index contributed by atoms with van der Waals surface area (Å²) in [5.74, 6) is 1.13. The molecule has 0 saturated carbocycles. The molecule has 8 heteroatoms. The smallest absolute Gasteiger partial charge is 0.247 e. The summed E-state index contributed by atoms with van der Waals surface area (Å²) in [5, 5.41) is 20.7. The van der Waals surface area contributed by atoms with E-state index in [-0.39, 0.29) is 5.25 Å². The first-order chi connectivity index (χ1) is 11.5. The van der Waals surface area contributed by atoms with Crippen LogP contribution in [0.15, 0.2) is 33.0 Å². The van der Waals surface area contributed by atoms with Crippen LogP contribution in [-0.2, 0) is 0 Å². The van der Waals surface area contributed by atoms with Gasteiger partial charge in [0.05, 0.1) is 5.25 Å². The number of hydrogen-bond acceptors (Lipinski definition) is 8. The van der Waals surface area contributed by atoms with E-state index in [4.69, 9.17) is 4.42 Å². The lowest BCUT2D eigenvalue weighted by Crippen LogP contribution is -2.08. The standard InChI is InChI=1S/C16H19N5OS2/c1-9(2)17-15-20-21-16(24-15)23-11(4)13-18-19-14(22-13)12-7-5-6-10(3)8-12/h5-9,11H,1-4H3,(H,17,20). The summed E-state index contributed by atoms with van der Waals surface area (Å²) in [7, 11) is 0. The van der Waals surface area contributed by atoms with Gasteiger partial charge in [-0.3, -0.25) is 0 Å². The van der Waals surface area contributed by atoms with E-state index in [1.54, 1.807) is 11.8 Å². The minimum atomic E-state index is 0.0101. The molecule has 2 heterocycles. The molecule has 0 saturated heterocycles. The maximum atomic E-state index is 5.83. The lowest BCUT2D eigenvalue weighted by Gasteiger charge is -2.04. The Morgan fingerprint density at radius 1 is 1.12 bits per heavy atom.